The molecule has 3 aromatic rings. The van der Waals surface area contributed by atoms with E-state index in [0.717, 1.165) is 11.1 Å². The van der Waals surface area contributed by atoms with E-state index in [0.29, 0.717) is 70.0 Å². The van der Waals surface area contributed by atoms with Gasteiger partial charge in [-0.1, -0.05) is 6.07 Å². The molecule has 0 radical (unpaired) electrons. The smallest absolute Gasteiger partial charge is 0.332 e. The van der Waals surface area contributed by atoms with Crippen LogP contribution in [0.5, 0.6) is 40.2 Å². The minimum absolute atomic E-state index is 0.0492. The third kappa shape index (κ3) is 4.87. The first-order chi connectivity index (χ1) is 26.9. The number of likely N-dealkylation sites (N-methyl/N-ethyl adjacent to an activating group) is 1. The molecular weight excluding hydrogens is 745 g/mol. The predicted molar refractivity (Wildman–Crippen MR) is 199 cm³/mol. The largest absolute Gasteiger partial charge is 0.504 e. The van der Waals surface area contributed by atoms with Gasteiger partial charge in [0.2, 0.25) is 6.79 Å². The van der Waals surface area contributed by atoms with Gasteiger partial charge in [0.1, 0.15) is 18.4 Å². The summed E-state index contributed by atoms with van der Waals surface area (Å²) in [4.78, 5) is 31.8. The molecule has 3 aromatic carbocycles. The summed E-state index contributed by atoms with van der Waals surface area (Å²) in [5.41, 5.74) is 2.99. The number of aryl methyl sites for hydroxylation is 1. The summed E-state index contributed by atoms with van der Waals surface area (Å²) >= 11 is 0. The number of carbonyl (C=O) groups is 2. The molecule has 0 aromatic heterocycles. The van der Waals surface area contributed by atoms with E-state index in [1.54, 1.807) is 19.1 Å². The van der Waals surface area contributed by atoms with Crippen molar-refractivity contribution in [3.8, 4) is 46.3 Å². The first-order valence-electron chi connectivity index (χ1n) is 18.5. The Bertz CT molecular complexity index is 2310. The van der Waals surface area contributed by atoms with E-state index in [-0.39, 0.29) is 48.2 Å². The number of benzene rings is 3. The van der Waals surface area contributed by atoms with E-state index in [1.165, 1.54) is 21.1 Å². The van der Waals surface area contributed by atoms with Crippen LogP contribution in [0.1, 0.15) is 68.8 Å². The molecule has 8 atom stereocenters. The van der Waals surface area contributed by atoms with Crippen LogP contribution in [0.4, 0.5) is 0 Å². The molecule has 7 aliphatic heterocycles. The molecule has 56 heavy (non-hydrogen) atoms. The maximum atomic E-state index is 16.0. The van der Waals surface area contributed by atoms with Gasteiger partial charge in [-0.25, -0.2) is 4.79 Å². The van der Waals surface area contributed by atoms with E-state index in [2.05, 4.69) is 16.3 Å². The van der Waals surface area contributed by atoms with Crippen LogP contribution in [0.15, 0.2) is 18.2 Å². The minimum Gasteiger partial charge on any atom is -0.504 e. The van der Waals surface area contributed by atoms with Crippen molar-refractivity contribution in [3.05, 3.63) is 62.7 Å². The van der Waals surface area contributed by atoms with Gasteiger partial charge in [-0.3, -0.25) is 24.1 Å². The van der Waals surface area contributed by atoms with Crippen molar-refractivity contribution in [2.45, 2.75) is 74.6 Å². The molecule has 3 N–H and O–H groups in total. The highest BCUT2D eigenvalue weighted by Gasteiger charge is 2.63. The van der Waals surface area contributed by atoms with Gasteiger partial charge in [-0.15, -0.1) is 0 Å². The number of phenolic OH excluding ortho intramolecular Hbond substituents is 2. The minimum atomic E-state index is -2.06. The highest BCUT2D eigenvalue weighted by molar-refractivity contribution is 7.85. The lowest BCUT2D eigenvalue weighted by Gasteiger charge is -2.61. The van der Waals surface area contributed by atoms with E-state index in [4.69, 9.17) is 28.4 Å². The SMILES string of the molecule is COc1cc2c(cc1O)CCN[C@]21CS(=O)[C@H]2c3c(OC(C)=O)c(C)c4c(c3[C@@H](COC1=O)N1[C@@H]2[C@@H]2c3c(cc(C)c(OC)c3O)C[C@H]([C@@H]1C#N)N2C)OCO4. The van der Waals surface area contributed by atoms with Gasteiger partial charge in [-0.05, 0) is 68.1 Å². The number of rotatable bonds is 3. The number of nitrogens with one attached hydrogen (secondary N) is 1. The second-order valence-electron chi connectivity index (χ2n) is 15.3. The average Bonchev–Trinajstić information content (AvgIpc) is 3.65. The number of hydrogen-bond donors (Lipinski definition) is 3. The Kier molecular flexibility index (Phi) is 8.48. The third-order valence-corrected chi connectivity index (χ3v) is 14.4. The zero-order valence-corrected chi connectivity index (χ0v) is 32.6. The van der Waals surface area contributed by atoms with Gasteiger partial charge in [0.15, 0.2) is 40.0 Å². The Labute approximate surface area is 325 Å². The van der Waals surface area contributed by atoms with Crippen molar-refractivity contribution in [2.24, 2.45) is 0 Å². The van der Waals surface area contributed by atoms with Crippen molar-refractivity contribution in [3.63, 3.8) is 0 Å². The van der Waals surface area contributed by atoms with Crippen LogP contribution in [-0.2, 0) is 43.5 Å². The molecule has 7 aliphatic rings. The molecular formula is C40H42N4O11S. The van der Waals surface area contributed by atoms with Crippen molar-refractivity contribution in [1.29, 1.82) is 5.26 Å². The average molecular weight is 787 g/mol. The molecule has 7 heterocycles. The van der Waals surface area contributed by atoms with Crippen LogP contribution >= 0.6 is 0 Å². The van der Waals surface area contributed by atoms with Crippen molar-refractivity contribution in [1.82, 2.24) is 15.1 Å². The van der Waals surface area contributed by atoms with Crippen LogP contribution in [-0.4, -0.2) is 101 Å². The Morgan fingerprint density at radius 2 is 1.82 bits per heavy atom. The van der Waals surface area contributed by atoms with Crippen molar-refractivity contribution >= 4 is 22.7 Å². The van der Waals surface area contributed by atoms with E-state index in [1.807, 2.05) is 24.9 Å². The fourth-order valence-corrected chi connectivity index (χ4v) is 12.5. The lowest BCUT2D eigenvalue weighted by molar-refractivity contribution is -0.157. The highest BCUT2D eigenvalue weighted by Crippen LogP contribution is 2.63. The summed E-state index contributed by atoms with van der Waals surface area (Å²) in [5, 5.41) is 36.2. The summed E-state index contributed by atoms with van der Waals surface area (Å²) in [5.74, 6) is -0.469. The number of ether oxygens (including phenoxy) is 6. The number of fused-ring (bicyclic) bond motifs is 9. The number of esters is 2. The van der Waals surface area contributed by atoms with Gasteiger partial charge >= 0.3 is 11.9 Å². The van der Waals surface area contributed by atoms with Gasteiger partial charge < -0.3 is 38.6 Å². The number of methoxy groups -OCH3 is 2. The van der Waals surface area contributed by atoms with Crippen LogP contribution in [0.2, 0.25) is 0 Å². The number of nitriles is 1. The van der Waals surface area contributed by atoms with Crippen LogP contribution < -0.4 is 29.0 Å². The molecule has 1 unspecified atom stereocenters. The van der Waals surface area contributed by atoms with Gasteiger partial charge in [-0.2, -0.15) is 5.26 Å². The molecule has 2 fully saturated rings. The quantitative estimate of drug-likeness (QED) is 0.259. The Balaban J connectivity index is 1.36. The number of piperazine rings is 1. The Morgan fingerprint density at radius 1 is 1.05 bits per heavy atom. The van der Waals surface area contributed by atoms with E-state index in [9.17, 15) is 25.1 Å². The topological polar surface area (TPSA) is 189 Å². The van der Waals surface area contributed by atoms with E-state index < -0.39 is 57.7 Å². The zero-order chi connectivity index (χ0) is 39.5. The molecule has 15 nitrogen and oxygen atoms in total. The molecule has 2 saturated heterocycles. The van der Waals surface area contributed by atoms with Crippen LogP contribution in [0.3, 0.4) is 0 Å². The van der Waals surface area contributed by atoms with Gasteiger partial charge in [0, 0.05) is 52.6 Å². The Morgan fingerprint density at radius 3 is 2.54 bits per heavy atom. The number of nitrogens with zero attached hydrogens (tertiary/aromatic N) is 3. The molecule has 10 rings (SSSR count). The number of phenols is 2. The number of hydrogen-bond acceptors (Lipinski definition) is 15. The van der Waals surface area contributed by atoms with Gasteiger partial charge in [0.05, 0.1) is 49.4 Å². The summed E-state index contributed by atoms with van der Waals surface area (Å²) in [6, 6.07) is 4.10. The molecule has 4 bridgehead atoms. The predicted octanol–water partition coefficient (Wildman–Crippen LogP) is 3.00. The summed E-state index contributed by atoms with van der Waals surface area (Å²) in [7, 11) is 2.75. The maximum Gasteiger partial charge on any atom is 0.332 e. The first kappa shape index (κ1) is 36.6. The normalized spacial score (nSPS) is 29.9. The molecule has 0 saturated carbocycles. The summed E-state index contributed by atoms with van der Waals surface area (Å²) < 4.78 is 51.8. The van der Waals surface area contributed by atoms with Crippen LogP contribution in [0.25, 0.3) is 0 Å². The molecule has 1 spiro atoms. The summed E-state index contributed by atoms with van der Waals surface area (Å²) in [6.07, 6.45) is 0.882. The molecule has 0 amide bonds. The zero-order valence-electron chi connectivity index (χ0n) is 31.8. The fraction of sp³-hybridized carbons (Fsp3) is 0.475. The summed E-state index contributed by atoms with van der Waals surface area (Å²) in [6.45, 7) is 4.79. The standard InChI is InChI=1S/C40H42N4O11S/c1-17-9-21-10-23-24(13-41)44-25-14-52-39(48)40(22-12-27(50-5)26(46)11-20(22)7-8-42-40)15-56(49)38(32(44)31(43(23)4)28(21)33(47)34(17)51-6)30-29(25)37-36(53-16-54-37)18(2)35(30)55-19(3)45/h9,11-12,23-25,31-32,38,42,46-47H,7-8,10,14-16H2,1-6H3/t23-,24+,25-,31+,32-,38+,40-,56?/m1/s1. The van der Waals surface area contributed by atoms with E-state index >= 15 is 4.21 Å². The lowest BCUT2D eigenvalue weighted by Crippen LogP contribution is -2.70. The fourth-order valence-electron chi connectivity index (χ4n) is 10.4. The molecule has 294 valence electrons. The van der Waals surface area contributed by atoms with Crippen molar-refractivity contribution in [2.75, 3.05) is 47.0 Å². The number of carbonyl (C=O) groups excluding carboxylic acids is 2. The monoisotopic (exact) mass is 786 g/mol. The van der Waals surface area contributed by atoms with Gasteiger partial charge in [0.25, 0.3) is 0 Å². The highest BCUT2D eigenvalue weighted by atomic mass is 32.2. The Hall–Kier alpha value is -5.08. The molecule has 0 aliphatic carbocycles. The maximum absolute atomic E-state index is 16.0. The molecule has 16 heteroatoms. The second-order valence-corrected chi connectivity index (χ2v) is 16.9. The van der Waals surface area contributed by atoms with Crippen LogP contribution in [0, 0.1) is 25.2 Å². The lowest BCUT2D eigenvalue weighted by atomic mass is 9.71. The first-order valence-corrected chi connectivity index (χ1v) is 19.9. The number of aromatic hydroxyl groups is 2. The van der Waals surface area contributed by atoms with Crippen molar-refractivity contribution < 1.29 is 52.4 Å². The second kappa shape index (κ2) is 13.0. The third-order valence-electron chi connectivity index (χ3n) is 12.6.